The van der Waals surface area contributed by atoms with Crippen LogP contribution >= 0.6 is 0 Å². The zero-order valence-corrected chi connectivity index (χ0v) is 10.8. The highest BCUT2D eigenvalue weighted by molar-refractivity contribution is 5.84. The van der Waals surface area contributed by atoms with E-state index in [4.69, 9.17) is 0 Å². The SMILES string of the molecule is CCN(CC)C(=O)C1CCCc2ccccc21. The number of likely N-dealkylation sites (N-methyl/N-ethyl adjacent to an activating group) is 1. The molecule has 2 nitrogen and oxygen atoms in total. The summed E-state index contributed by atoms with van der Waals surface area (Å²) in [6.45, 7) is 5.73. The smallest absolute Gasteiger partial charge is 0.230 e. The van der Waals surface area contributed by atoms with Gasteiger partial charge in [0.05, 0.1) is 5.92 Å². The zero-order valence-electron chi connectivity index (χ0n) is 10.8. The molecule has 0 N–H and O–H groups in total. The highest BCUT2D eigenvalue weighted by atomic mass is 16.2. The first kappa shape index (κ1) is 12.2. The Balaban J connectivity index is 2.26. The van der Waals surface area contributed by atoms with Crippen molar-refractivity contribution in [2.75, 3.05) is 13.1 Å². The molecule has 0 bridgehead atoms. The number of hydrogen-bond donors (Lipinski definition) is 0. The molecule has 0 fully saturated rings. The van der Waals surface area contributed by atoms with E-state index in [1.165, 1.54) is 11.1 Å². The third-order valence-electron chi connectivity index (χ3n) is 3.74. The van der Waals surface area contributed by atoms with Crippen molar-refractivity contribution in [3.05, 3.63) is 35.4 Å². The van der Waals surface area contributed by atoms with Gasteiger partial charge in [-0.05, 0) is 44.2 Å². The highest BCUT2D eigenvalue weighted by Gasteiger charge is 2.28. The van der Waals surface area contributed by atoms with Crippen LogP contribution in [0.15, 0.2) is 24.3 Å². The Hall–Kier alpha value is -1.31. The van der Waals surface area contributed by atoms with Gasteiger partial charge in [-0.1, -0.05) is 24.3 Å². The summed E-state index contributed by atoms with van der Waals surface area (Å²) < 4.78 is 0. The Morgan fingerprint density at radius 2 is 2.00 bits per heavy atom. The van der Waals surface area contributed by atoms with E-state index in [0.717, 1.165) is 32.4 Å². The van der Waals surface area contributed by atoms with Crippen molar-refractivity contribution in [1.82, 2.24) is 4.90 Å². The zero-order chi connectivity index (χ0) is 12.3. The number of carbonyl (C=O) groups excluding carboxylic acids is 1. The summed E-state index contributed by atoms with van der Waals surface area (Å²) in [6.07, 6.45) is 3.26. The maximum absolute atomic E-state index is 12.4. The molecular formula is C15H21NO. The van der Waals surface area contributed by atoms with Crippen LogP contribution in [-0.2, 0) is 11.2 Å². The number of nitrogens with zero attached hydrogens (tertiary/aromatic N) is 1. The van der Waals surface area contributed by atoms with Crippen LogP contribution in [0.4, 0.5) is 0 Å². The van der Waals surface area contributed by atoms with Crippen molar-refractivity contribution in [2.24, 2.45) is 0 Å². The first-order valence-corrected chi connectivity index (χ1v) is 6.64. The Bertz CT molecular complexity index is 396. The van der Waals surface area contributed by atoms with Crippen LogP contribution in [0.25, 0.3) is 0 Å². The molecule has 0 saturated carbocycles. The molecule has 0 aliphatic heterocycles. The predicted octanol–water partition coefficient (Wildman–Crippen LogP) is 2.97. The van der Waals surface area contributed by atoms with E-state index < -0.39 is 0 Å². The summed E-state index contributed by atoms with van der Waals surface area (Å²) in [5, 5.41) is 0. The average molecular weight is 231 g/mol. The van der Waals surface area contributed by atoms with Gasteiger partial charge in [0.1, 0.15) is 0 Å². The lowest BCUT2D eigenvalue weighted by Crippen LogP contribution is -2.36. The molecule has 1 unspecified atom stereocenters. The molecule has 2 rings (SSSR count). The second-order valence-electron chi connectivity index (χ2n) is 4.65. The van der Waals surface area contributed by atoms with Crippen molar-refractivity contribution in [1.29, 1.82) is 0 Å². The molecule has 2 heteroatoms. The van der Waals surface area contributed by atoms with Crippen molar-refractivity contribution >= 4 is 5.91 Å². The molecule has 17 heavy (non-hydrogen) atoms. The summed E-state index contributed by atoms with van der Waals surface area (Å²) in [5.74, 6) is 0.405. The first-order chi connectivity index (χ1) is 8.27. The monoisotopic (exact) mass is 231 g/mol. The number of benzene rings is 1. The largest absolute Gasteiger partial charge is 0.343 e. The average Bonchev–Trinajstić information content (AvgIpc) is 2.39. The molecule has 0 heterocycles. The molecule has 92 valence electrons. The number of amides is 1. The topological polar surface area (TPSA) is 20.3 Å². The molecule has 1 aromatic carbocycles. The summed E-state index contributed by atoms with van der Waals surface area (Å²) in [7, 11) is 0. The third-order valence-corrected chi connectivity index (χ3v) is 3.74. The summed E-state index contributed by atoms with van der Waals surface area (Å²) in [5.41, 5.74) is 2.62. The van der Waals surface area contributed by atoms with Crippen LogP contribution in [0.5, 0.6) is 0 Å². The van der Waals surface area contributed by atoms with Crippen LogP contribution in [0, 0.1) is 0 Å². The third kappa shape index (κ3) is 2.36. The fourth-order valence-electron chi connectivity index (χ4n) is 2.77. The molecule has 0 radical (unpaired) electrons. The molecule has 0 saturated heterocycles. The maximum atomic E-state index is 12.4. The number of hydrogen-bond acceptors (Lipinski definition) is 1. The fourth-order valence-corrected chi connectivity index (χ4v) is 2.77. The van der Waals surface area contributed by atoms with Crippen molar-refractivity contribution in [3.63, 3.8) is 0 Å². The van der Waals surface area contributed by atoms with E-state index in [-0.39, 0.29) is 5.92 Å². The molecule has 1 amide bonds. The van der Waals surface area contributed by atoms with Crippen LogP contribution in [-0.4, -0.2) is 23.9 Å². The minimum Gasteiger partial charge on any atom is -0.343 e. The van der Waals surface area contributed by atoms with Crippen molar-refractivity contribution in [2.45, 2.75) is 39.0 Å². The van der Waals surface area contributed by atoms with E-state index in [1.807, 2.05) is 11.0 Å². The molecule has 1 atom stereocenters. The highest BCUT2D eigenvalue weighted by Crippen LogP contribution is 2.32. The molecule has 0 aromatic heterocycles. The van der Waals surface area contributed by atoms with Gasteiger partial charge in [-0.2, -0.15) is 0 Å². The van der Waals surface area contributed by atoms with Crippen LogP contribution in [0.1, 0.15) is 43.7 Å². The van der Waals surface area contributed by atoms with Gasteiger partial charge in [-0.3, -0.25) is 4.79 Å². The first-order valence-electron chi connectivity index (χ1n) is 6.64. The van der Waals surface area contributed by atoms with E-state index in [0.29, 0.717) is 5.91 Å². The lowest BCUT2D eigenvalue weighted by molar-refractivity contribution is -0.132. The van der Waals surface area contributed by atoms with E-state index in [9.17, 15) is 4.79 Å². The van der Waals surface area contributed by atoms with Gasteiger partial charge in [0.2, 0.25) is 5.91 Å². The normalized spacial score (nSPS) is 18.6. The van der Waals surface area contributed by atoms with Crippen LogP contribution in [0.3, 0.4) is 0 Å². The second-order valence-corrected chi connectivity index (χ2v) is 4.65. The summed E-state index contributed by atoms with van der Waals surface area (Å²) in [4.78, 5) is 14.4. The lowest BCUT2D eigenvalue weighted by Gasteiger charge is -2.29. The van der Waals surface area contributed by atoms with E-state index in [1.54, 1.807) is 0 Å². The summed E-state index contributed by atoms with van der Waals surface area (Å²) in [6, 6.07) is 8.41. The second kappa shape index (κ2) is 5.35. The van der Waals surface area contributed by atoms with Gasteiger partial charge in [0.25, 0.3) is 0 Å². The molecular weight excluding hydrogens is 210 g/mol. The fraction of sp³-hybridized carbons (Fsp3) is 0.533. The Kier molecular flexibility index (Phi) is 3.82. The van der Waals surface area contributed by atoms with E-state index in [2.05, 4.69) is 32.0 Å². The predicted molar refractivity (Wildman–Crippen MR) is 70.0 cm³/mol. The Morgan fingerprint density at radius 1 is 1.29 bits per heavy atom. The standard InChI is InChI=1S/C15H21NO/c1-3-16(4-2)15(17)14-11-7-9-12-8-5-6-10-13(12)14/h5-6,8,10,14H,3-4,7,9,11H2,1-2H3. The van der Waals surface area contributed by atoms with Crippen LogP contribution < -0.4 is 0 Å². The molecule has 1 aliphatic rings. The number of carbonyl (C=O) groups is 1. The van der Waals surface area contributed by atoms with Crippen molar-refractivity contribution in [3.8, 4) is 0 Å². The lowest BCUT2D eigenvalue weighted by atomic mass is 9.82. The number of fused-ring (bicyclic) bond motifs is 1. The molecule has 0 spiro atoms. The summed E-state index contributed by atoms with van der Waals surface area (Å²) >= 11 is 0. The van der Waals surface area contributed by atoms with Gasteiger partial charge >= 0.3 is 0 Å². The molecule has 1 aliphatic carbocycles. The van der Waals surface area contributed by atoms with E-state index >= 15 is 0 Å². The van der Waals surface area contributed by atoms with Gasteiger partial charge in [0, 0.05) is 13.1 Å². The van der Waals surface area contributed by atoms with Gasteiger partial charge in [-0.25, -0.2) is 0 Å². The minimum atomic E-state index is 0.0971. The quantitative estimate of drug-likeness (QED) is 0.783. The van der Waals surface area contributed by atoms with Crippen molar-refractivity contribution < 1.29 is 4.79 Å². The van der Waals surface area contributed by atoms with Gasteiger partial charge in [0.15, 0.2) is 0 Å². The number of aryl methyl sites for hydroxylation is 1. The van der Waals surface area contributed by atoms with Crippen LogP contribution in [0.2, 0.25) is 0 Å². The van der Waals surface area contributed by atoms with Gasteiger partial charge in [-0.15, -0.1) is 0 Å². The maximum Gasteiger partial charge on any atom is 0.230 e. The minimum absolute atomic E-state index is 0.0971. The van der Waals surface area contributed by atoms with Gasteiger partial charge < -0.3 is 4.90 Å². The molecule has 1 aromatic rings. The Morgan fingerprint density at radius 3 is 2.71 bits per heavy atom. The Labute approximate surface area is 104 Å². The number of rotatable bonds is 3.